The van der Waals surface area contributed by atoms with Crippen LogP contribution in [0.3, 0.4) is 0 Å². The standard InChI is InChI=1S/C59H39NO/c1-2-14-40(15-3-1)41-27-31-45(32-28-41)60(46-33-29-42(30-34-46)43-16-12-17-44(38-43)58-26-13-37-61-58)47-35-36-57-53(39-47)49-19-5-4-18-48(49)50-20-6-9-23-54(50)59(57)55-24-10-7-21-51(55)52-22-8-11-25-56(52)59/h1-39H. The third-order valence-electron chi connectivity index (χ3n) is 12.8. The predicted molar refractivity (Wildman–Crippen MR) is 251 cm³/mol. The molecule has 10 aromatic rings. The number of benzene rings is 9. The molecule has 0 unspecified atom stereocenters. The Morgan fingerprint density at radius 3 is 1.31 bits per heavy atom. The van der Waals surface area contributed by atoms with Crippen molar-refractivity contribution >= 4 is 17.1 Å². The highest BCUT2D eigenvalue weighted by Gasteiger charge is 2.49. The van der Waals surface area contributed by atoms with Gasteiger partial charge in [-0.3, -0.25) is 0 Å². The number of rotatable bonds is 6. The van der Waals surface area contributed by atoms with Crippen molar-refractivity contribution in [3.05, 3.63) is 259 Å². The van der Waals surface area contributed by atoms with Crippen molar-refractivity contribution in [2.75, 3.05) is 4.90 Å². The summed E-state index contributed by atoms with van der Waals surface area (Å²) in [6.07, 6.45) is 1.73. The smallest absolute Gasteiger partial charge is 0.133 e. The Morgan fingerprint density at radius 2 is 0.721 bits per heavy atom. The SMILES string of the molecule is c1ccc(-c2ccc(N(c3ccc(-c4cccc(-c5ccco5)c4)cc3)c3ccc4c(c3)-c3ccccc3-c3ccccc3C43c4ccccc4-c4ccccc43)cc2)cc1. The first-order chi connectivity index (χ1) is 30.3. The highest BCUT2D eigenvalue weighted by Crippen LogP contribution is 2.61. The summed E-state index contributed by atoms with van der Waals surface area (Å²) in [7, 11) is 0. The first-order valence-electron chi connectivity index (χ1n) is 21.0. The van der Waals surface area contributed by atoms with Crippen LogP contribution in [0, 0.1) is 0 Å². The van der Waals surface area contributed by atoms with E-state index in [4.69, 9.17) is 4.42 Å². The molecule has 2 aliphatic carbocycles. The first kappa shape index (κ1) is 35.0. The average molecular weight is 778 g/mol. The largest absolute Gasteiger partial charge is 0.464 e. The summed E-state index contributed by atoms with van der Waals surface area (Å²) in [6, 6.07) is 84.4. The van der Waals surface area contributed by atoms with Gasteiger partial charge in [-0.15, -0.1) is 0 Å². The van der Waals surface area contributed by atoms with E-state index in [0.717, 1.165) is 39.5 Å². The van der Waals surface area contributed by atoms with E-state index in [1.54, 1.807) is 6.26 Å². The van der Waals surface area contributed by atoms with Crippen molar-refractivity contribution in [1.29, 1.82) is 0 Å². The van der Waals surface area contributed by atoms with Gasteiger partial charge in [-0.2, -0.15) is 0 Å². The van der Waals surface area contributed by atoms with Crippen molar-refractivity contribution in [1.82, 2.24) is 0 Å². The lowest BCUT2D eigenvalue weighted by molar-refractivity contribution is 0.582. The fourth-order valence-corrected chi connectivity index (χ4v) is 10.2. The Kier molecular flexibility index (Phi) is 8.11. The molecule has 0 radical (unpaired) electrons. The second kappa shape index (κ2) is 14.1. The van der Waals surface area contributed by atoms with Crippen LogP contribution >= 0.6 is 0 Å². The summed E-state index contributed by atoms with van der Waals surface area (Å²) in [5.41, 5.74) is 21.3. The fraction of sp³-hybridized carbons (Fsp3) is 0.0169. The van der Waals surface area contributed by atoms with Gasteiger partial charge in [0.1, 0.15) is 5.76 Å². The lowest BCUT2D eigenvalue weighted by Crippen LogP contribution is -2.29. The van der Waals surface area contributed by atoms with E-state index in [1.165, 1.54) is 66.8 Å². The minimum absolute atomic E-state index is 0.523. The molecule has 2 heteroatoms. The summed E-state index contributed by atoms with van der Waals surface area (Å²) in [5, 5.41) is 0. The van der Waals surface area contributed by atoms with Gasteiger partial charge in [0.25, 0.3) is 0 Å². The summed E-state index contributed by atoms with van der Waals surface area (Å²) in [6.45, 7) is 0. The molecular formula is C59H39NO. The Balaban J connectivity index is 1.07. The zero-order valence-electron chi connectivity index (χ0n) is 33.4. The molecule has 9 aromatic carbocycles. The van der Waals surface area contributed by atoms with Crippen LogP contribution in [-0.2, 0) is 5.41 Å². The zero-order valence-corrected chi connectivity index (χ0v) is 33.4. The van der Waals surface area contributed by atoms with E-state index < -0.39 is 5.41 Å². The number of hydrogen-bond donors (Lipinski definition) is 0. The Hall–Kier alpha value is -7.94. The highest BCUT2D eigenvalue weighted by molar-refractivity contribution is 5.98. The molecule has 12 rings (SSSR count). The van der Waals surface area contributed by atoms with Crippen molar-refractivity contribution in [2.24, 2.45) is 0 Å². The van der Waals surface area contributed by atoms with Gasteiger partial charge in [0.15, 0.2) is 0 Å². The minimum Gasteiger partial charge on any atom is -0.464 e. The van der Waals surface area contributed by atoms with Crippen LogP contribution in [0.5, 0.6) is 0 Å². The summed E-state index contributed by atoms with van der Waals surface area (Å²) < 4.78 is 5.74. The van der Waals surface area contributed by atoms with Crippen LogP contribution in [0.15, 0.2) is 241 Å². The summed E-state index contributed by atoms with van der Waals surface area (Å²) >= 11 is 0. The van der Waals surface area contributed by atoms with Gasteiger partial charge in [-0.05, 0) is 132 Å². The number of anilines is 3. The molecule has 61 heavy (non-hydrogen) atoms. The van der Waals surface area contributed by atoms with Crippen molar-refractivity contribution in [3.8, 4) is 67.0 Å². The maximum absolute atomic E-state index is 5.74. The van der Waals surface area contributed by atoms with Gasteiger partial charge in [-0.1, -0.05) is 176 Å². The molecule has 1 aromatic heterocycles. The van der Waals surface area contributed by atoms with E-state index in [9.17, 15) is 0 Å². The maximum Gasteiger partial charge on any atom is 0.133 e. The topological polar surface area (TPSA) is 16.4 Å². The van der Waals surface area contributed by atoms with Gasteiger partial charge < -0.3 is 9.32 Å². The molecule has 0 saturated carbocycles. The van der Waals surface area contributed by atoms with Gasteiger partial charge in [-0.25, -0.2) is 0 Å². The van der Waals surface area contributed by atoms with Crippen molar-refractivity contribution in [2.45, 2.75) is 5.41 Å². The van der Waals surface area contributed by atoms with E-state index >= 15 is 0 Å². The molecule has 0 amide bonds. The van der Waals surface area contributed by atoms with Crippen LogP contribution < -0.4 is 4.90 Å². The quantitative estimate of drug-likeness (QED) is 0.167. The monoisotopic (exact) mass is 777 g/mol. The molecular weight excluding hydrogens is 739 g/mol. The molecule has 0 aliphatic heterocycles. The number of fused-ring (bicyclic) bond motifs is 12. The van der Waals surface area contributed by atoms with E-state index in [2.05, 4.69) is 223 Å². The molecule has 1 spiro atoms. The molecule has 0 saturated heterocycles. The molecule has 0 atom stereocenters. The maximum atomic E-state index is 5.74. The van der Waals surface area contributed by atoms with Crippen molar-refractivity contribution in [3.63, 3.8) is 0 Å². The molecule has 1 heterocycles. The molecule has 0 bridgehead atoms. The predicted octanol–water partition coefficient (Wildman–Crippen LogP) is 15.8. The number of nitrogens with zero attached hydrogens (tertiary/aromatic N) is 1. The van der Waals surface area contributed by atoms with Crippen LogP contribution in [0.25, 0.3) is 67.0 Å². The lowest BCUT2D eigenvalue weighted by atomic mass is 9.66. The summed E-state index contributed by atoms with van der Waals surface area (Å²) in [5.74, 6) is 0.864. The fourth-order valence-electron chi connectivity index (χ4n) is 10.2. The minimum atomic E-state index is -0.523. The van der Waals surface area contributed by atoms with Gasteiger partial charge >= 0.3 is 0 Å². The van der Waals surface area contributed by atoms with Crippen LogP contribution in [0.4, 0.5) is 17.1 Å². The van der Waals surface area contributed by atoms with Gasteiger partial charge in [0.05, 0.1) is 11.7 Å². The van der Waals surface area contributed by atoms with Gasteiger partial charge in [0, 0.05) is 22.6 Å². The Bertz CT molecular complexity index is 3190. The second-order valence-corrected chi connectivity index (χ2v) is 16.0. The summed E-state index contributed by atoms with van der Waals surface area (Å²) in [4.78, 5) is 2.40. The normalized spacial score (nSPS) is 12.7. The molecule has 0 N–H and O–H groups in total. The molecule has 0 fully saturated rings. The van der Waals surface area contributed by atoms with E-state index in [0.29, 0.717) is 0 Å². The van der Waals surface area contributed by atoms with Crippen LogP contribution in [-0.4, -0.2) is 0 Å². The molecule has 2 aliphatic rings. The second-order valence-electron chi connectivity index (χ2n) is 16.0. The van der Waals surface area contributed by atoms with Crippen LogP contribution in [0.2, 0.25) is 0 Å². The Morgan fingerprint density at radius 1 is 0.279 bits per heavy atom. The number of furan rings is 1. The molecule has 2 nitrogen and oxygen atoms in total. The highest BCUT2D eigenvalue weighted by atomic mass is 16.3. The zero-order chi connectivity index (χ0) is 40.3. The van der Waals surface area contributed by atoms with Gasteiger partial charge in [0.2, 0.25) is 0 Å². The Labute approximate surface area is 356 Å². The average Bonchev–Trinajstić information content (AvgIpc) is 3.97. The third-order valence-corrected chi connectivity index (χ3v) is 12.8. The van der Waals surface area contributed by atoms with E-state index in [-0.39, 0.29) is 0 Å². The van der Waals surface area contributed by atoms with E-state index in [1.807, 2.05) is 12.1 Å². The molecule has 286 valence electrons. The van der Waals surface area contributed by atoms with Crippen molar-refractivity contribution < 1.29 is 4.42 Å². The number of hydrogen-bond acceptors (Lipinski definition) is 2. The lowest BCUT2D eigenvalue weighted by Gasteiger charge is -2.36. The third kappa shape index (κ3) is 5.50. The first-order valence-corrected chi connectivity index (χ1v) is 21.0. The van der Waals surface area contributed by atoms with Crippen LogP contribution in [0.1, 0.15) is 22.3 Å².